The number of aromatic nitrogens is 3. The zero-order valence-corrected chi connectivity index (χ0v) is 22.4. The minimum atomic E-state index is -2.83. The van der Waals surface area contributed by atoms with Gasteiger partial charge in [0, 0.05) is 31.0 Å². The van der Waals surface area contributed by atoms with E-state index in [4.69, 9.17) is 21.1 Å². The number of hydrogen-bond donors (Lipinski definition) is 3. The summed E-state index contributed by atoms with van der Waals surface area (Å²) in [4.78, 5) is 32.8. The highest BCUT2D eigenvalue weighted by molar-refractivity contribution is 7.80. The number of pyridine rings is 3. The summed E-state index contributed by atoms with van der Waals surface area (Å²) < 4.78 is 38.1. The highest BCUT2D eigenvalue weighted by Gasteiger charge is 2.21. The molecule has 13 heteroatoms. The molecular formula is C25H32F2N6O4S. The number of ether oxygens (including phenoxy) is 2. The van der Waals surface area contributed by atoms with Gasteiger partial charge in [-0.05, 0) is 51.5 Å². The van der Waals surface area contributed by atoms with E-state index in [1.165, 1.54) is 36.2 Å². The monoisotopic (exact) mass is 550 g/mol. The van der Waals surface area contributed by atoms with E-state index >= 15 is 0 Å². The molecule has 0 spiro atoms. The molecule has 0 aliphatic rings. The van der Waals surface area contributed by atoms with Crippen molar-refractivity contribution in [1.82, 2.24) is 20.0 Å². The number of nitrogens with two attached hydrogens (primary N) is 2. The molecule has 5 N–H and O–H groups in total. The van der Waals surface area contributed by atoms with Gasteiger partial charge in [0.2, 0.25) is 0 Å². The lowest BCUT2D eigenvalue weighted by Gasteiger charge is -2.18. The van der Waals surface area contributed by atoms with Crippen LogP contribution in [0.15, 0.2) is 47.7 Å². The Morgan fingerprint density at radius 2 is 1.89 bits per heavy atom. The Balaban J connectivity index is 0.000000656. The molecule has 3 aromatic heterocycles. The Bertz CT molecular complexity index is 1370. The standard InChI is InChI=1S/C19H17F2N5O3.C6H13NOS.H2/c1-10-3-4-26(17(27)5-10)16-7-11(13(8-24-16)19(28)25-22)12-6-14(18(20)21)23-9-15(12)29-2;1-6(2,3)8-4-5(7)9;/h3-9,18H,22H2,1-2H3,(H,25,28);4H2,1-3H3,(H2,7,9);1H. The lowest BCUT2D eigenvalue weighted by molar-refractivity contribution is 0.0217. The van der Waals surface area contributed by atoms with Crippen molar-refractivity contribution >= 4 is 23.1 Å². The number of nitrogen functional groups attached to an aromatic ring is 1. The fraction of sp³-hybridized carbons (Fsp3) is 0.320. The number of amides is 1. The first kappa shape index (κ1) is 30.4. The maximum Gasteiger partial charge on any atom is 0.280 e. The van der Waals surface area contributed by atoms with Gasteiger partial charge in [0.25, 0.3) is 17.9 Å². The van der Waals surface area contributed by atoms with Crippen molar-refractivity contribution in [2.24, 2.45) is 11.6 Å². The van der Waals surface area contributed by atoms with Crippen molar-refractivity contribution in [2.45, 2.75) is 39.7 Å². The highest BCUT2D eigenvalue weighted by Crippen LogP contribution is 2.35. The average molecular weight is 551 g/mol. The Kier molecular flexibility index (Phi) is 10.5. The van der Waals surface area contributed by atoms with Crippen LogP contribution in [0.1, 0.15) is 50.2 Å². The predicted octanol–water partition coefficient (Wildman–Crippen LogP) is 3.49. The molecule has 0 bridgehead atoms. The summed E-state index contributed by atoms with van der Waals surface area (Å²) in [5.74, 6) is 4.91. The van der Waals surface area contributed by atoms with Gasteiger partial charge in [0.1, 0.15) is 17.3 Å². The van der Waals surface area contributed by atoms with Crippen molar-refractivity contribution in [3.05, 3.63) is 70.0 Å². The lowest BCUT2D eigenvalue weighted by atomic mass is 10.00. The molecule has 0 unspecified atom stereocenters. The van der Waals surface area contributed by atoms with Crippen LogP contribution in [0.2, 0.25) is 0 Å². The second kappa shape index (κ2) is 13.1. The van der Waals surface area contributed by atoms with Crippen molar-refractivity contribution < 1.29 is 24.5 Å². The molecule has 38 heavy (non-hydrogen) atoms. The number of hydrazine groups is 1. The van der Waals surface area contributed by atoms with Crippen LogP contribution in [0, 0.1) is 6.92 Å². The molecule has 206 valence electrons. The van der Waals surface area contributed by atoms with Crippen LogP contribution in [-0.4, -0.2) is 44.7 Å². The number of carbonyl (C=O) groups excluding carboxylic acids is 1. The van der Waals surface area contributed by atoms with Crippen molar-refractivity contribution in [2.75, 3.05) is 13.7 Å². The third kappa shape index (κ3) is 8.36. The minimum absolute atomic E-state index is 0. The number of methoxy groups -OCH3 is 1. The van der Waals surface area contributed by atoms with Crippen molar-refractivity contribution in [3.8, 4) is 22.7 Å². The number of nitrogens with zero attached hydrogens (tertiary/aromatic N) is 3. The molecule has 0 aliphatic heterocycles. The molecule has 0 atom stereocenters. The number of carbonyl (C=O) groups is 1. The van der Waals surface area contributed by atoms with Gasteiger partial charge in [0.05, 0.1) is 36.1 Å². The lowest BCUT2D eigenvalue weighted by Crippen LogP contribution is -2.30. The number of thiocarbonyl (C=S) groups is 1. The maximum absolute atomic E-state index is 13.2. The number of hydrogen-bond acceptors (Lipinski definition) is 8. The van der Waals surface area contributed by atoms with Crippen LogP contribution in [0.3, 0.4) is 0 Å². The van der Waals surface area contributed by atoms with Gasteiger partial charge in [0.15, 0.2) is 0 Å². The van der Waals surface area contributed by atoms with E-state index in [-0.39, 0.29) is 40.8 Å². The molecule has 0 radical (unpaired) electrons. The SMILES string of the molecule is CC(C)(C)OCC(N)=S.COc1cnc(C(F)F)cc1-c1cc(-n2ccc(C)cc2=O)ncc1C(=O)NN.[HH]. The van der Waals surface area contributed by atoms with Gasteiger partial charge in [-0.25, -0.2) is 19.6 Å². The van der Waals surface area contributed by atoms with E-state index in [1.807, 2.05) is 26.2 Å². The fourth-order valence-electron chi connectivity index (χ4n) is 3.06. The van der Waals surface area contributed by atoms with Gasteiger partial charge >= 0.3 is 0 Å². The van der Waals surface area contributed by atoms with Crippen molar-refractivity contribution in [1.29, 1.82) is 0 Å². The van der Waals surface area contributed by atoms with Gasteiger partial charge in [-0.15, -0.1) is 0 Å². The molecule has 0 saturated carbocycles. The van der Waals surface area contributed by atoms with Crippen LogP contribution in [-0.2, 0) is 4.74 Å². The largest absolute Gasteiger partial charge is 0.494 e. The summed E-state index contributed by atoms with van der Waals surface area (Å²) in [5, 5.41) is 0. The zero-order chi connectivity index (χ0) is 28.6. The van der Waals surface area contributed by atoms with Gasteiger partial charge in [-0.1, -0.05) is 12.2 Å². The Morgan fingerprint density at radius 1 is 1.21 bits per heavy atom. The Morgan fingerprint density at radius 3 is 2.39 bits per heavy atom. The summed E-state index contributed by atoms with van der Waals surface area (Å²) in [6, 6.07) is 5.68. The van der Waals surface area contributed by atoms with Crippen LogP contribution >= 0.6 is 12.2 Å². The average Bonchev–Trinajstić information content (AvgIpc) is 2.86. The second-order valence-corrected chi connectivity index (χ2v) is 9.48. The first-order valence-corrected chi connectivity index (χ1v) is 11.6. The third-order valence-corrected chi connectivity index (χ3v) is 4.97. The molecule has 3 aromatic rings. The Hall–Kier alpha value is -3.81. The highest BCUT2D eigenvalue weighted by atomic mass is 32.1. The van der Waals surface area contributed by atoms with E-state index in [9.17, 15) is 18.4 Å². The fourth-order valence-corrected chi connectivity index (χ4v) is 3.12. The summed E-state index contributed by atoms with van der Waals surface area (Å²) in [6.45, 7) is 8.04. The topological polar surface area (TPSA) is 147 Å². The molecule has 0 aliphatic carbocycles. The minimum Gasteiger partial charge on any atom is -0.494 e. The van der Waals surface area contributed by atoms with Crippen LogP contribution in [0.4, 0.5) is 8.78 Å². The number of halogens is 2. The second-order valence-electron chi connectivity index (χ2n) is 8.95. The molecular weight excluding hydrogens is 518 g/mol. The van der Waals surface area contributed by atoms with Gasteiger partial charge < -0.3 is 15.2 Å². The summed E-state index contributed by atoms with van der Waals surface area (Å²) in [5.41, 5.74) is 7.39. The normalized spacial score (nSPS) is 11.0. The van der Waals surface area contributed by atoms with E-state index in [2.05, 4.69) is 22.2 Å². The first-order valence-electron chi connectivity index (χ1n) is 11.2. The molecule has 0 aromatic carbocycles. The molecule has 3 rings (SSSR count). The van der Waals surface area contributed by atoms with Crippen LogP contribution in [0.5, 0.6) is 5.75 Å². The smallest absolute Gasteiger partial charge is 0.280 e. The maximum atomic E-state index is 13.2. The summed E-state index contributed by atoms with van der Waals surface area (Å²) >= 11 is 4.62. The number of alkyl halides is 2. The third-order valence-electron chi connectivity index (χ3n) is 4.86. The van der Waals surface area contributed by atoms with Gasteiger partial charge in [-0.2, -0.15) is 0 Å². The first-order chi connectivity index (χ1) is 17.8. The molecule has 10 nitrogen and oxygen atoms in total. The Labute approximate surface area is 225 Å². The molecule has 3 heterocycles. The number of aryl methyl sites for hydroxylation is 1. The van der Waals surface area contributed by atoms with Gasteiger partial charge in [-0.3, -0.25) is 24.6 Å². The molecule has 1 amide bonds. The quantitative estimate of drug-likeness (QED) is 0.174. The number of nitrogens with one attached hydrogen (secondary N) is 1. The summed E-state index contributed by atoms with van der Waals surface area (Å²) in [7, 11) is 1.35. The van der Waals surface area contributed by atoms with E-state index in [0.717, 1.165) is 17.8 Å². The van der Waals surface area contributed by atoms with E-state index < -0.39 is 18.0 Å². The molecule has 0 fully saturated rings. The van der Waals surface area contributed by atoms with Crippen molar-refractivity contribution in [3.63, 3.8) is 0 Å². The van der Waals surface area contributed by atoms with Crippen LogP contribution in [0.25, 0.3) is 16.9 Å². The predicted molar refractivity (Wildman–Crippen MR) is 146 cm³/mol. The van der Waals surface area contributed by atoms with E-state index in [0.29, 0.717) is 11.6 Å². The van der Waals surface area contributed by atoms with E-state index in [1.54, 1.807) is 13.0 Å². The zero-order valence-electron chi connectivity index (χ0n) is 21.6. The number of rotatable bonds is 7. The molecule has 0 saturated heterocycles. The summed E-state index contributed by atoms with van der Waals surface area (Å²) in [6.07, 6.45) is 1.05. The van der Waals surface area contributed by atoms with Crippen LogP contribution < -0.4 is 27.3 Å².